The van der Waals surface area contributed by atoms with Gasteiger partial charge < -0.3 is 15.4 Å². The van der Waals surface area contributed by atoms with E-state index in [1.807, 2.05) is 20.8 Å². The Morgan fingerprint density at radius 3 is 2.58 bits per heavy atom. The second-order valence-corrected chi connectivity index (χ2v) is 5.25. The molecule has 0 bridgehead atoms. The minimum Gasteiger partial charge on any atom is -0.494 e. The number of carbonyl (C=O) groups excluding carboxylic acids is 1. The monoisotopic (exact) mass is 262 g/mol. The highest BCUT2D eigenvalue weighted by Crippen LogP contribution is 2.34. The molecule has 1 aliphatic carbocycles. The Kier molecular flexibility index (Phi) is 4.10. The van der Waals surface area contributed by atoms with Gasteiger partial charge in [-0.2, -0.15) is 0 Å². The summed E-state index contributed by atoms with van der Waals surface area (Å²) in [6, 6.07) is 2.61. The van der Waals surface area contributed by atoms with Gasteiger partial charge in [0, 0.05) is 6.04 Å². The zero-order chi connectivity index (χ0) is 14.0. The third-order valence-electron chi connectivity index (χ3n) is 3.58. The Morgan fingerprint density at radius 1 is 1.32 bits per heavy atom. The van der Waals surface area contributed by atoms with Crippen LogP contribution in [0.4, 0.5) is 5.69 Å². The minimum absolute atomic E-state index is 0.0171. The molecule has 2 N–H and O–H groups in total. The van der Waals surface area contributed by atoms with Crippen molar-refractivity contribution in [3.63, 3.8) is 0 Å². The molecule has 2 rings (SSSR count). The molecule has 19 heavy (non-hydrogen) atoms. The van der Waals surface area contributed by atoms with Crippen molar-refractivity contribution in [1.29, 1.82) is 0 Å². The van der Waals surface area contributed by atoms with E-state index in [0.29, 0.717) is 12.6 Å². The zero-order valence-corrected chi connectivity index (χ0v) is 12.1. The first-order valence-electron chi connectivity index (χ1n) is 6.71. The van der Waals surface area contributed by atoms with Crippen molar-refractivity contribution >= 4 is 11.6 Å². The zero-order valence-electron chi connectivity index (χ0n) is 12.1. The third kappa shape index (κ3) is 3.26. The van der Waals surface area contributed by atoms with Crippen LogP contribution in [0.1, 0.15) is 29.5 Å². The number of amides is 1. The van der Waals surface area contributed by atoms with E-state index in [1.165, 1.54) is 18.4 Å². The quantitative estimate of drug-likeness (QED) is 0.856. The molecule has 0 saturated heterocycles. The first-order chi connectivity index (χ1) is 9.02. The number of nitrogens with one attached hydrogen (secondary N) is 2. The molecule has 1 fully saturated rings. The maximum atomic E-state index is 11.9. The van der Waals surface area contributed by atoms with Crippen LogP contribution in [0.25, 0.3) is 0 Å². The third-order valence-corrected chi connectivity index (χ3v) is 3.58. The summed E-state index contributed by atoms with van der Waals surface area (Å²) in [5.41, 5.74) is 4.05. The van der Waals surface area contributed by atoms with Gasteiger partial charge in [-0.1, -0.05) is 6.07 Å². The molecule has 0 atom stereocenters. The molecule has 4 heteroatoms. The molecule has 0 aromatic heterocycles. The minimum atomic E-state index is -0.0171. The van der Waals surface area contributed by atoms with Crippen molar-refractivity contribution in [3.8, 4) is 5.75 Å². The Morgan fingerprint density at radius 2 is 2.00 bits per heavy atom. The number of hydrogen-bond acceptors (Lipinski definition) is 3. The van der Waals surface area contributed by atoms with Crippen LogP contribution in [0.15, 0.2) is 6.07 Å². The SMILES string of the molecule is COc1c(C)c(C)cc(C)c1NC(=O)CNC1CC1. The molecular formula is C15H22N2O2. The summed E-state index contributed by atoms with van der Waals surface area (Å²) in [6.45, 7) is 6.40. The number of ether oxygens (including phenoxy) is 1. The van der Waals surface area contributed by atoms with E-state index in [4.69, 9.17) is 4.74 Å². The molecular weight excluding hydrogens is 240 g/mol. The van der Waals surface area contributed by atoms with E-state index >= 15 is 0 Å². The molecule has 0 heterocycles. The number of aryl methyl sites for hydroxylation is 2. The number of anilines is 1. The summed E-state index contributed by atoms with van der Waals surface area (Å²) in [6.07, 6.45) is 2.36. The molecule has 1 saturated carbocycles. The predicted octanol–water partition coefficient (Wildman–Crippen LogP) is 2.31. The summed E-state index contributed by atoms with van der Waals surface area (Å²) < 4.78 is 5.44. The van der Waals surface area contributed by atoms with Gasteiger partial charge in [0.05, 0.1) is 19.3 Å². The molecule has 1 aliphatic rings. The van der Waals surface area contributed by atoms with Crippen molar-refractivity contribution in [3.05, 3.63) is 22.8 Å². The van der Waals surface area contributed by atoms with Gasteiger partial charge in [0.25, 0.3) is 0 Å². The van der Waals surface area contributed by atoms with Crippen LogP contribution in [0.3, 0.4) is 0 Å². The van der Waals surface area contributed by atoms with Gasteiger partial charge in [0.15, 0.2) is 0 Å². The predicted molar refractivity (Wildman–Crippen MR) is 76.9 cm³/mol. The molecule has 0 unspecified atom stereocenters. The average molecular weight is 262 g/mol. The number of carbonyl (C=O) groups is 1. The van der Waals surface area contributed by atoms with E-state index < -0.39 is 0 Å². The standard InChI is InChI=1S/C15H22N2O2/c1-9-7-10(2)14(15(19-4)11(9)3)17-13(18)8-16-12-5-6-12/h7,12,16H,5-6,8H2,1-4H3,(H,17,18). The lowest BCUT2D eigenvalue weighted by Crippen LogP contribution is -2.29. The van der Waals surface area contributed by atoms with Crippen LogP contribution in [0.2, 0.25) is 0 Å². The van der Waals surface area contributed by atoms with Gasteiger partial charge >= 0.3 is 0 Å². The first-order valence-corrected chi connectivity index (χ1v) is 6.71. The highest BCUT2D eigenvalue weighted by Gasteiger charge is 2.22. The molecule has 4 nitrogen and oxygen atoms in total. The van der Waals surface area contributed by atoms with Gasteiger partial charge in [-0.25, -0.2) is 0 Å². The second-order valence-electron chi connectivity index (χ2n) is 5.25. The normalized spacial score (nSPS) is 14.3. The topological polar surface area (TPSA) is 50.4 Å². The van der Waals surface area contributed by atoms with Crippen molar-refractivity contribution in [1.82, 2.24) is 5.32 Å². The van der Waals surface area contributed by atoms with E-state index in [0.717, 1.165) is 22.6 Å². The maximum absolute atomic E-state index is 11.9. The van der Waals surface area contributed by atoms with Crippen molar-refractivity contribution < 1.29 is 9.53 Å². The van der Waals surface area contributed by atoms with Crippen molar-refractivity contribution in [2.24, 2.45) is 0 Å². The summed E-state index contributed by atoms with van der Waals surface area (Å²) in [7, 11) is 1.64. The highest BCUT2D eigenvalue weighted by atomic mass is 16.5. The number of benzene rings is 1. The number of rotatable bonds is 5. The van der Waals surface area contributed by atoms with Crippen LogP contribution < -0.4 is 15.4 Å². The van der Waals surface area contributed by atoms with Crippen molar-refractivity contribution in [2.45, 2.75) is 39.7 Å². The molecule has 1 amide bonds. The van der Waals surface area contributed by atoms with E-state index in [9.17, 15) is 4.79 Å². The fraction of sp³-hybridized carbons (Fsp3) is 0.533. The van der Waals surface area contributed by atoms with Gasteiger partial charge in [-0.05, 0) is 50.3 Å². The van der Waals surface area contributed by atoms with Crippen LogP contribution in [0.5, 0.6) is 5.75 Å². The highest BCUT2D eigenvalue weighted by molar-refractivity contribution is 5.95. The number of hydrogen-bond donors (Lipinski definition) is 2. The molecule has 0 radical (unpaired) electrons. The van der Waals surface area contributed by atoms with Gasteiger partial charge in [-0.15, -0.1) is 0 Å². The molecule has 1 aromatic rings. The number of methoxy groups -OCH3 is 1. The van der Waals surface area contributed by atoms with E-state index in [2.05, 4.69) is 16.7 Å². The Balaban J connectivity index is 2.13. The summed E-state index contributed by atoms with van der Waals surface area (Å²) in [5.74, 6) is 0.744. The lowest BCUT2D eigenvalue weighted by atomic mass is 10.0. The lowest BCUT2D eigenvalue weighted by molar-refractivity contribution is -0.115. The summed E-state index contributed by atoms with van der Waals surface area (Å²) >= 11 is 0. The lowest BCUT2D eigenvalue weighted by Gasteiger charge is -2.17. The van der Waals surface area contributed by atoms with E-state index in [1.54, 1.807) is 7.11 Å². The van der Waals surface area contributed by atoms with Crippen LogP contribution in [-0.4, -0.2) is 25.6 Å². The Hall–Kier alpha value is -1.55. The smallest absolute Gasteiger partial charge is 0.238 e. The summed E-state index contributed by atoms with van der Waals surface area (Å²) in [4.78, 5) is 11.9. The molecule has 104 valence electrons. The van der Waals surface area contributed by atoms with Crippen LogP contribution in [-0.2, 0) is 4.79 Å². The van der Waals surface area contributed by atoms with Crippen molar-refractivity contribution in [2.75, 3.05) is 19.0 Å². The van der Waals surface area contributed by atoms with Crippen LogP contribution >= 0.6 is 0 Å². The molecule has 0 spiro atoms. The molecule has 0 aliphatic heterocycles. The van der Waals surface area contributed by atoms with Gasteiger partial charge in [0.1, 0.15) is 5.75 Å². The average Bonchev–Trinajstić information content (AvgIpc) is 3.18. The Bertz CT molecular complexity index is 493. The largest absolute Gasteiger partial charge is 0.494 e. The first kappa shape index (κ1) is 13.9. The Labute approximate surface area is 114 Å². The maximum Gasteiger partial charge on any atom is 0.238 e. The van der Waals surface area contributed by atoms with Crippen LogP contribution in [0, 0.1) is 20.8 Å². The molecule has 1 aromatic carbocycles. The van der Waals surface area contributed by atoms with Gasteiger partial charge in [0.2, 0.25) is 5.91 Å². The fourth-order valence-corrected chi connectivity index (χ4v) is 2.17. The van der Waals surface area contributed by atoms with Gasteiger partial charge in [-0.3, -0.25) is 4.79 Å². The van der Waals surface area contributed by atoms with E-state index in [-0.39, 0.29) is 5.91 Å². The fourth-order valence-electron chi connectivity index (χ4n) is 2.17. The summed E-state index contributed by atoms with van der Waals surface area (Å²) in [5, 5.41) is 6.16. The second kappa shape index (κ2) is 5.61.